The Morgan fingerprint density at radius 1 is 1.58 bits per heavy atom. The first-order valence-corrected chi connectivity index (χ1v) is 6.29. The minimum absolute atomic E-state index is 0.0750. The number of aliphatic hydroxyl groups is 1. The van der Waals surface area contributed by atoms with Crippen LogP contribution in [0.4, 0.5) is 9.18 Å². The number of ether oxygens (including phenoxy) is 2. The zero-order valence-corrected chi connectivity index (χ0v) is 11.9. The predicted octanol–water partition coefficient (Wildman–Crippen LogP) is 1.86. The number of amides is 1. The van der Waals surface area contributed by atoms with Gasteiger partial charge < -0.3 is 19.5 Å². The summed E-state index contributed by atoms with van der Waals surface area (Å²) in [6.45, 7) is 6.91. The van der Waals surface area contributed by atoms with Crippen molar-refractivity contribution in [2.75, 3.05) is 26.3 Å². The molecular formula is C13H22FNO4. The second-order valence-electron chi connectivity index (χ2n) is 5.65. The van der Waals surface area contributed by atoms with Crippen molar-refractivity contribution in [1.82, 2.24) is 4.90 Å². The first-order valence-electron chi connectivity index (χ1n) is 6.29. The number of hydrogen-bond acceptors (Lipinski definition) is 4. The van der Waals surface area contributed by atoms with Gasteiger partial charge in [-0.05, 0) is 27.7 Å². The molecule has 19 heavy (non-hydrogen) atoms. The molecule has 0 bridgehead atoms. The number of aliphatic hydroxyl groups excluding tert-OH is 1. The van der Waals surface area contributed by atoms with Gasteiger partial charge in [-0.15, -0.1) is 0 Å². The Hall–Kier alpha value is -1.14. The molecule has 1 aliphatic heterocycles. The molecule has 0 aromatic rings. The van der Waals surface area contributed by atoms with Crippen LogP contribution in [0.2, 0.25) is 0 Å². The molecule has 1 N–H and O–H groups in total. The highest BCUT2D eigenvalue weighted by atomic mass is 19.1. The number of nitrogens with zero attached hydrogens (tertiary/aromatic N) is 1. The molecule has 0 saturated carbocycles. The Bertz CT molecular complexity index is 362. The number of hydrogen-bond donors (Lipinski definition) is 1. The Morgan fingerprint density at radius 2 is 2.21 bits per heavy atom. The summed E-state index contributed by atoms with van der Waals surface area (Å²) in [5.41, 5.74) is -0.329. The number of halogens is 1. The predicted molar refractivity (Wildman–Crippen MR) is 68.4 cm³/mol. The standard InChI is InChI=1S/C13H22FNO4/c1-9-5-15(12(17)19-13(2,3)4)6-10(8-18-9)11(14)7-16/h9,16H,5-8H2,1-4H3/b11-10-/t9-/m0/s1. The largest absolute Gasteiger partial charge is 0.444 e. The van der Waals surface area contributed by atoms with Crippen molar-refractivity contribution in [2.24, 2.45) is 0 Å². The fraction of sp³-hybridized carbons (Fsp3) is 0.769. The van der Waals surface area contributed by atoms with E-state index in [9.17, 15) is 9.18 Å². The van der Waals surface area contributed by atoms with E-state index in [4.69, 9.17) is 14.6 Å². The molecule has 0 aromatic carbocycles. The summed E-state index contributed by atoms with van der Waals surface area (Å²) in [4.78, 5) is 13.4. The molecule has 6 heteroatoms. The maximum atomic E-state index is 13.5. The summed E-state index contributed by atoms with van der Waals surface area (Å²) in [5, 5.41) is 8.83. The summed E-state index contributed by atoms with van der Waals surface area (Å²) in [6, 6.07) is 0. The molecule has 0 aliphatic carbocycles. The normalized spacial score (nSPS) is 23.9. The third kappa shape index (κ3) is 5.16. The van der Waals surface area contributed by atoms with Crippen LogP contribution in [0.5, 0.6) is 0 Å². The molecule has 0 spiro atoms. The third-order valence-electron chi connectivity index (χ3n) is 2.58. The second-order valence-corrected chi connectivity index (χ2v) is 5.65. The molecule has 5 nitrogen and oxygen atoms in total. The Morgan fingerprint density at radius 3 is 2.74 bits per heavy atom. The average Bonchev–Trinajstić information content (AvgIpc) is 2.48. The van der Waals surface area contributed by atoms with Crippen LogP contribution in [-0.4, -0.2) is 54.1 Å². The Kier molecular flexibility index (Phi) is 5.31. The molecule has 1 rings (SSSR count). The summed E-state index contributed by atoms with van der Waals surface area (Å²) >= 11 is 0. The lowest BCUT2D eigenvalue weighted by atomic mass is 10.2. The highest BCUT2D eigenvalue weighted by molar-refractivity contribution is 5.68. The monoisotopic (exact) mass is 275 g/mol. The van der Waals surface area contributed by atoms with E-state index in [1.165, 1.54) is 4.90 Å². The van der Waals surface area contributed by atoms with Gasteiger partial charge in [0.2, 0.25) is 0 Å². The van der Waals surface area contributed by atoms with Gasteiger partial charge in [-0.1, -0.05) is 0 Å². The molecule has 1 heterocycles. The maximum absolute atomic E-state index is 13.5. The van der Waals surface area contributed by atoms with Crippen LogP contribution in [0, 0.1) is 0 Å². The van der Waals surface area contributed by atoms with E-state index in [0.29, 0.717) is 6.54 Å². The van der Waals surface area contributed by atoms with Crippen molar-refractivity contribution in [3.63, 3.8) is 0 Å². The van der Waals surface area contributed by atoms with Crippen molar-refractivity contribution < 1.29 is 23.8 Å². The van der Waals surface area contributed by atoms with E-state index in [2.05, 4.69) is 0 Å². The molecule has 1 saturated heterocycles. The smallest absolute Gasteiger partial charge is 0.410 e. The molecule has 0 aromatic heterocycles. The fourth-order valence-corrected chi connectivity index (χ4v) is 1.69. The summed E-state index contributed by atoms with van der Waals surface area (Å²) < 4.78 is 24.1. The maximum Gasteiger partial charge on any atom is 0.410 e. The van der Waals surface area contributed by atoms with Crippen LogP contribution in [0.25, 0.3) is 0 Å². The van der Waals surface area contributed by atoms with Gasteiger partial charge in [0.15, 0.2) is 0 Å². The minimum atomic E-state index is -0.685. The molecule has 1 atom stereocenters. The number of carbonyl (C=O) groups excluding carboxylic acids is 1. The van der Waals surface area contributed by atoms with E-state index in [1.807, 2.05) is 0 Å². The van der Waals surface area contributed by atoms with Crippen LogP contribution in [0.15, 0.2) is 11.4 Å². The highest BCUT2D eigenvalue weighted by Crippen LogP contribution is 2.17. The zero-order chi connectivity index (χ0) is 14.6. The first-order chi connectivity index (χ1) is 8.73. The van der Waals surface area contributed by atoms with Crippen molar-refractivity contribution in [3.8, 4) is 0 Å². The first kappa shape index (κ1) is 15.9. The fourth-order valence-electron chi connectivity index (χ4n) is 1.69. The van der Waals surface area contributed by atoms with Crippen molar-refractivity contribution >= 4 is 6.09 Å². The molecule has 0 radical (unpaired) electrons. The van der Waals surface area contributed by atoms with Crippen LogP contribution < -0.4 is 0 Å². The quantitative estimate of drug-likeness (QED) is 0.793. The topological polar surface area (TPSA) is 59.0 Å². The van der Waals surface area contributed by atoms with Crippen molar-refractivity contribution in [1.29, 1.82) is 0 Å². The van der Waals surface area contributed by atoms with Crippen LogP contribution in [-0.2, 0) is 9.47 Å². The summed E-state index contributed by atoms with van der Waals surface area (Å²) in [7, 11) is 0. The van der Waals surface area contributed by atoms with E-state index in [1.54, 1.807) is 27.7 Å². The highest BCUT2D eigenvalue weighted by Gasteiger charge is 2.27. The van der Waals surface area contributed by atoms with Gasteiger partial charge in [0.05, 0.1) is 32.4 Å². The zero-order valence-electron chi connectivity index (χ0n) is 11.9. The van der Waals surface area contributed by atoms with Gasteiger partial charge in [-0.25, -0.2) is 9.18 Å². The van der Waals surface area contributed by atoms with Gasteiger partial charge in [-0.2, -0.15) is 0 Å². The lowest BCUT2D eigenvalue weighted by Gasteiger charge is -2.27. The van der Waals surface area contributed by atoms with Gasteiger partial charge in [0.25, 0.3) is 0 Å². The molecular weight excluding hydrogens is 253 g/mol. The van der Waals surface area contributed by atoms with Gasteiger partial charge in [0.1, 0.15) is 11.4 Å². The van der Waals surface area contributed by atoms with E-state index in [-0.39, 0.29) is 24.8 Å². The Labute approximate surface area is 113 Å². The third-order valence-corrected chi connectivity index (χ3v) is 2.58. The summed E-state index contributed by atoms with van der Waals surface area (Å²) in [6.07, 6.45) is -0.718. The minimum Gasteiger partial charge on any atom is -0.444 e. The second kappa shape index (κ2) is 6.34. The number of rotatable bonds is 1. The SMILES string of the molecule is C[C@H]1CN(C(=O)OC(C)(C)C)C/C(=C(/F)CO)CO1. The molecule has 1 aliphatic rings. The lowest BCUT2D eigenvalue weighted by molar-refractivity contribution is 0.0172. The van der Waals surface area contributed by atoms with E-state index >= 15 is 0 Å². The lowest BCUT2D eigenvalue weighted by Crippen LogP contribution is -2.40. The molecule has 1 fully saturated rings. The summed E-state index contributed by atoms with van der Waals surface area (Å²) in [5.74, 6) is -0.650. The molecule has 110 valence electrons. The van der Waals surface area contributed by atoms with Gasteiger partial charge >= 0.3 is 6.09 Å². The van der Waals surface area contributed by atoms with Crippen molar-refractivity contribution in [3.05, 3.63) is 11.4 Å². The van der Waals surface area contributed by atoms with Gasteiger partial charge in [0, 0.05) is 5.57 Å². The van der Waals surface area contributed by atoms with E-state index < -0.39 is 24.1 Å². The molecule has 1 amide bonds. The van der Waals surface area contributed by atoms with Crippen LogP contribution >= 0.6 is 0 Å². The number of carbonyl (C=O) groups is 1. The Balaban J connectivity index is 2.83. The van der Waals surface area contributed by atoms with Gasteiger partial charge in [-0.3, -0.25) is 0 Å². The average molecular weight is 275 g/mol. The molecule has 0 unspecified atom stereocenters. The van der Waals surface area contributed by atoms with Crippen LogP contribution in [0.3, 0.4) is 0 Å². The van der Waals surface area contributed by atoms with Crippen LogP contribution in [0.1, 0.15) is 27.7 Å². The van der Waals surface area contributed by atoms with E-state index in [0.717, 1.165) is 0 Å². The van der Waals surface area contributed by atoms with Crippen molar-refractivity contribution in [2.45, 2.75) is 39.4 Å².